The Balaban J connectivity index is 1.21. The van der Waals surface area contributed by atoms with Crippen LogP contribution in [0, 0.1) is 6.92 Å². The molecule has 5 rings (SSSR count). The number of para-hydroxylation sites is 2. The highest BCUT2D eigenvalue weighted by Gasteiger charge is 2.33. The molecule has 0 aliphatic carbocycles. The first kappa shape index (κ1) is 27.7. The monoisotopic (exact) mass is 571 g/mol. The van der Waals surface area contributed by atoms with Crippen molar-refractivity contribution in [1.29, 1.82) is 0 Å². The Kier molecular flexibility index (Phi) is 8.21. The number of benzene rings is 4. The lowest BCUT2D eigenvalue weighted by atomic mass is 10.1. The first-order valence-corrected chi connectivity index (χ1v) is 14.5. The normalized spacial score (nSPS) is 14.4. The molecule has 0 unspecified atom stereocenters. The predicted molar refractivity (Wildman–Crippen MR) is 155 cm³/mol. The van der Waals surface area contributed by atoms with Crippen LogP contribution in [0.1, 0.15) is 11.1 Å². The van der Waals surface area contributed by atoms with Gasteiger partial charge in [0.15, 0.2) is 12.7 Å². The lowest BCUT2D eigenvalue weighted by Crippen LogP contribution is -2.51. The first-order valence-electron chi connectivity index (χ1n) is 13.0. The van der Waals surface area contributed by atoms with E-state index in [0.717, 1.165) is 11.1 Å². The molecule has 0 saturated heterocycles. The number of ether oxygens (including phenoxy) is 2. The summed E-state index contributed by atoms with van der Waals surface area (Å²) in [5.74, 6) is 0.0337. The number of hydrogen-bond donors (Lipinski definition) is 2. The summed E-state index contributed by atoms with van der Waals surface area (Å²) in [5.41, 5.74) is 2.96. The molecule has 2 amide bonds. The summed E-state index contributed by atoms with van der Waals surface area (Å²) in [5, 5.41) is 2.86. The summed E-state index contributed by atoms with van der Waals surface area (Å²) in [6.07, 6.45) is -0.900. The number of sulfonamides is 1. The number of rotatable bonds is 9. The lowest BCUT2D eigenvalue weighted by Gasteiger charge is -2.34. The number of hydrogen-bond acceptors (Lipinski definition) is 6. The Labute approximate surface area is 238 Å². The molecule has 0 spiro atoms. The van der Waals surface area contributed by atoms with Crippen LogP contribution in [0.5, 0.6) is 11.5 Å². The number of carbonyl (C=O) groups excluding carboxylic acids is 2. The minimum atomic E-state index is -3.79. The van der Waals surface area contributed by atoms with Crippen molar-refractivity contribution in [3.63, 3.8) is 0 Å². The van der Waals surface area contributed by atoms with Crippen molar-refractivity contribution in [2.45, 2.75) is 24.5 Å². The maximum Gasteiger partial charge on any atom is 0.265 e. The van der Waals surface area contributed by atoms with E-state index < -0.39 is 16.1 Å². The summed E-state index contributed by atoms with van der Waals surface area (Å²) in [6, 6.07) is 29.3. The molecule has 0 bridgehead atoms. The van der Waals surface area contributed by atoms with Crippen molar-refractivity contribution in [2.75, 3.05) is 22.8 Å². The lowest BCUT2D eigenvalue weighted by molar-refractivity contribution is -0.128. The number of nitrogens with one attached hydrogen (secondary N) is 2. The van der Waals surface area contributed by atoms with Crippen LogP contribution in [0.25, 0.3) is 0 Å². The maximum absolute atomic E-state index is 13.2. The van der Waals surface area contributed by atoms with Gasteiger partial charge in [0.2, 0.25) is 0 Å². The highest BCUT2D eigenvalue weighted by atomic mass is 32.2. The first-order chi connectivity index (χ1) is 19.8. The zero-order chi connectivity index (χ0) is 28.8. The Morgan fingerprint density at radius 1 is 0.902 bits per heavy atom. The van der Waals surface area contributed by atoms with Gasteiger partial charge in [0.25, 0.3) is 21.8 Å². The minimum Gasteiger partial charge on any atom is -0.484 e. The molecule has 0 aromatic heterocycles. The Bertz CT molecular complexity index is 1620. The van der Waals surface area contributed by atoms with Crippen LogP contribution in [-0.4, -0.2) is 39.5 Å². The molecule has 1 aliphatic heterocycles. The van der Waals surface area contributed by atoms with E-state index >= 15 is 0 Å². The summed E-state index contributed by atoms with van der Waals surface area (Å²) in [6.45, 7) is 1.95. The van der Waals surface area contributed by atoms with Crippen LogP contribution in [-0.2, 0) is 26.2 Å². The molecule has 210 valence electrons. The fourth-order valence-electron chi connectivity index (χ4n) is 4.28. The van der Waals surface area contributed by atoms with Gasteiger partial charge in [-0.05, 0) is 61.0 Å². The van der Waals surface area contributed by atoms with Crippen molar-refractivity contribution in [3.8, 4) is 11.5 Å². The van der Waals surface area contributed by atoms with E-state index in [1.165, 1.54) is 29.2 Å². The number of amides is 2. The predicted octanol–water partition coefficient (Wildman–Crippen LogP) is 4.29. The fourth-order valence-corrected chi connectivity index (χ4v) is 5.34. The third kappa shape index (κ3) is 6.85. The number of anilines is 2. The van der Waals surface area contributed by atoms with Crippen molar-refractivity contribution in [2.24, 2.45) is 0 Å². The van der Waals surface area contributed by atoms with Crippen LogP contribution in [0.15, 0.2) is 108 Å². The highest BCUT2D eigenvalue weighted by Crippen LogP contribution is 2.33. The van der Waals surface area contributed by atoms with Gasteiger partial charge < -0.3 is 19.7 Å². The van der Waals surface area contributed by atoms with Gasteiger partial charge in [-0.1, -0.05) is 60.2 Å². The molecule has 2 N–H and O–H groups in total. The molecule has 0 radical (unpaired) electrons. The molecule has 10 heteroatoms. The van der Waals surface area contributed by atoms with Crippen LogP contribution < -0.4 is 24.4 Å². The van der Waals surface area contributed by atoms with E-state index in [1.807, 2.05) is 49.4 Å². The van der Waals surface area contributed by atoms with Gasteiger partial charge >= 0.3 is 0 Å². The highest BCUT2D eigenvalue weighted by molar-refractivity contribution is 7.92. The average Bonchev–Trinajstić information content (AvgIpc) is 3.00. The molecule has 4 aromatic rings. The molecule has 0 fully saturated rings. The number of carbonyl (C=O) groups is 2. The third-order valence-corrected chi connectivity index (χ3v) is 7.87. The molecular formula is C31H29N3O6S. The molecule has 41 heavy (non-hydrogen) atoms. The van der Waals surface area contributed by atoms with E-state index in [4.69, 9.17) is 9.47 Å². The van der Waals surface area contributed by atoms with Crippen molar-refractivity contribution >= 4 is 33.2 Å². The Hall–Kier alpha value is -4.83. The van der Waals surface area contributed by atoms with Crippen molar-refractivity contribution in [1.82, 2.24) is 5.32 Å². The molecule has 1 aliphatic rings. The zero-order valence-corrected chi connectivity index (χ0v) is 23.1. The van der Waals surface area contributed by atoms with Gasteiger partial charge in [-0.15, -0.1) is 0 Å². The molecule has 1 heterocycles. The van der Waals surface area contributed by atoms with E-state index in [-0.39, 0.29) is 29.9 Å². The Morgan fingerprint density at radius 2 is 1.59 bits per heavy atom. The average molecular weight is 572 g/mol. The van der Waals surface area contributed by atoms with Gasteiger partial charge in [0.05, 0.1) is 17.1 Å². The van der Waals surface area contributed by atoms with Crippen LogP contribution >= 0.6 is 0 Å². The molecule has 0 saturated carbocycles. The van der Waals surface area contributed by atoms with Crippen molar-refractivity contribution < 1.29 is 27.5 Å². The molecule has 9 nitrogen and oxygen atoms in total. The largest absolute Gasteiger partial charge is 0.484 e. The third-order valence-electron chi connectivity index (χ3n) is 6.48. The van der Waals surface area contributed by atoms with Gasteiger partial charge in [-0.25, -0.2) is 8.42 Å². The van der Waals surface area contributed by atoms with Gasteiger partial charge in [-0.3, -0.25) is 14.3 Å². The van der Waals surface area contributed by atoms with E-state index in [0.29, 0.717) is 29.4 Å². The summed E-state index contributed by atoms with van der Waals surface area (Å²) >= 11 is 0. The Morgan fingerprint density at radius 3 is 2.32 bits per heavy atom. The minimum absolute atomic E-state index is 0.0156. The fraction of sp³-hybridized carbons (Fsp3) is 0.161. The second kappa shape index (κ2) is 12.1. The standard InChI is InChI=1S/C31H29N3O6S/c1-22-11-13-24(14-12-22)33-41(37,38)26-17-15-25(16-18-26)39-21-30(35)34-20-29(40-28-10-6-5-9-27(28)34)31(36)32-19-23-7-3-2-4-8-23/h2-18,29,33H,19-21H2,1H3,(H,32,36)/t29-/m0/s1. The van der Waals surface area contributed by atoms with Crippen LogP contribution in [0.2, 0.25) is 0 Å². The number of aryl methyl sites for hydroxylation is 1. The molecule has 4 aromatic carbocycles. The van der Waals surface area contributed by atoms with E-state index in [9.17, 15) is 18.0 Å². The van der Waals surface area contributed by atoms with Crippen LogP contribution in [0.4, 0.5) is 11.4 Å². The maximum atomic E-state index is 13.2. The van der Waals surface area contributed by atoms with Gasteiger partial charge in [0, 0.05) is 12.2 Å². The summed E-state index contributed by atoms with van der Waals surface area (Å²) in [4.78, 5) is 27.7. The van der Waals surface area contributed by atoms with E-state index in [2.05, 4.69) is 10.0 Å². The second-order valence-electron chi connectivity index (χ2n) is 9.51. The number of nitrogens with zero attached hydrogens (tertiary/aromatic N) is 1. The zero-order valence-electron chi connectivity index (χ0n) is 22.3. The van der Waals surface area contributed by atoms with Gasteiger partial charge in [-0.2, -0.15) is 0 Å². The smallest absolute Gasteiger partial charge is 0.265 e. The second-order valence-corrected chi connectivity index (χ2v) is 11.2. The SMILES string of the molecule is Cc1ccc(NS(=O)(=O)c2ccc(OCC(=O)N3C[C@@H](C(=O)NCc4ccccc4)Oc4ccccc43)cc2)cc1. The van der Waals surface area contributed by atoms with Crippen molar-refractivity contribution in [3.05, 3.63) is 114 Å². The van der Waals surface area contributed by atoms with E-state index in [1.54, 1.807) is 36.4 Å². The quantitative estimate of drug-likeness (QED) is 0.310. The topological polar surface area (TPSA) is 114 Å². The van der Waals surface area contributed by atoms with Gasteiger partial charge in [0.1, 0.15) is 11.5 Å². The summed E-state index contributed by atoms with van der Waals surface area (Å²) < 4.78 is 39.6. The summed E-state index contributed by atoms with van der Waals surface area (Å²) in [7, 11) is -3.79. The molecule has 1 atom stereocenters. The molecular weight excluding hydrogens is 542 g/mol. The van der Waals surface area contributed by atoms with Crippen LogP contribution in [0.3, 0.4) is 0 Å². The number of fused-ring (bicyclic) bond motifs is 1.